The van der Waals surface area contributed by atoms with Crippen LogP contribution in [0.1, 0.15) is 38.0 Å². The van der Waals surface area contributed by atoms with Crippen LogP contribution in [0.25, 0.3) is 0 Å². The van der Waals surface area contributed by atoms with E-state index in [1.54, 1.807) is 30.5 Å². The number of furan rings is 1. The van der Waals surface area contributed by atoms with Gasteiger partial charge in [0.2, 0.25) is 11.9 Å². The van der Waals surface area contributed by atoms with Gasteiger partial charge in [0.1, 0.15) is 11.8 Å². The lowest BCUT2D eigenvalue weighted by Crippen LogP contribution is -2.35. The van der Waals surface area contributed by atoms with Crippen molar-refractivity contribution in [1.29, 1.82) is 5.26 Å². The first kappa shape index (κ1) is 22.0. The fourth-order valence-corrected chi connectivity index (χ4v) is 4.49. The van der Waals surface area contributed by atoms with E-state index in [4.69, 9.17) is 4.42 Å². The van der Waals surface area contributed by atoms with Gasteiger partial charge < -0.3 is 14.6 Å². The van der Waals surface area contributed by atoms with E-state index >= 15 is 0 Å². The molecule has 1 fully saturated rings. The SMILES string of the molecule is CC1CCN(c2nnc(SC(C)C(=O)Nc3ccccc3C#N)n2Cc2ccco2)CC1. The maximum atomic E-state index is 12.8. The molecule has 166 valence electrons. The molecule has 32 heavy (non-hydrogen) atoms. The first-order valence-corrected chi connectivity index (χ1v) is 11.6. The predicted octanol–water partition coefficient (Wildman–Crippen LogP) is 4.15. The average molecular weight is 451 g/mol. The summed E-state index contributed by atoms with van der Waals surface area (Å²) in [6, 6.07) is 12.8. The third-order valence-electron chi connectivity index (χ3n) is 5.61. The molecule has 0 radical (unpaired) electrons. The highest BCUT2D eigenvalue weighted by molar-refractivity contribution is 8.00. The van der Waals surface area contributed by atoms with Crippen LogP contribution >= 0.6 is 11.8 Å². The van der Waals surface area contributed by atoms with Crippen molar-refractivity contribution in [1.82, 2.24) is 14.8 Å². The zero-order chi connectivity index (χ0) is 22.5. The zero-order valence-corrected chi connectivity index (χ0v) is 19.0. The molecule has 1 amide bonds. The number of aromatic nitrogens is 3. The number of amides is 1. The molecule has 1 N–H and O–H groups in total. The van der Waals surface area contributed by atoms with Crippen LogP contribution < -0.4 is 10.2 Å². The number of para-hydroxylation sites is 1. The minimum Gasteiger partial charge on any atom is -0.467 e. The van der Waals surface area contributed by atoms with E-state index in [0.29, 0.717) is 28.9 Å². The van der Waals surface area contributed by atoms with Crippen molar-refractivity contribution in [3.8, 4) is 6.07 Å². The Morgan fingerprint density at radius 3 is 2.78 bits per heavy atom. The molecule has 1 aliphatic rings. The Labute approximate surface area is 191 Å². The number of benzene rings is 1. The molecule has 3 heterocycles. The molecular formula is C23H26N6O2S. The maximum absolute atomic E-state index is 12.8. The second kappa shape index (κ2) is 9.92. The number of hydrogen-bond acceptors (Lipinski definition) is 7. The van der Waals surface area contributed by atoms with Crippen LogP contribution in [0.3, 0.4) is 0 Å². The maximum Gasteiger partial charge on any atom is 0.237 e. The quantitative estimate of drug-likeness (QED) is 0.540. The van der Waals surface area contributed by atoms with Crippen molar-refractivity contribution in [2.24, 2.45) is 5.92 Å². The van der Waals surface area contributed by atoms with Crippen molar-refractivity contribution < 1.29 is 9.21 Å². The summed E-state index contributed by atoms with van der Waals surface area (Å²) < 4.78 is 7.58. The molecule has 1 saturated heterocycles. The number of hydrogen-bond donors (Lipinski definition) is 1. The lowest BCUT2D eigenvalue weighted by atomic mass is 10.00. The van der Waals surface area contributed by atoms with Crippen molar-refractivity contribution in [2.75, 3.05) is 23.3 Å². The van der Waals surface area contributed by atoms with Gasteiger partial charge >= 0.3 is 0 Å². The average Bonchev–Trinajstić information content (AvgIpc) is 3.45. The number of nitriles is 1. The van der Waals surface area contributed by atoms with Gasteiger partial charge in [-0.3, -0.25) is 9.36 Å². The first-order valence-electron chi connectivity index (χ1n) is 10.7. The minimum atomic E-state index is -0.435. The topological polar surface area (TPSA) is 100.0 Å². The van der Waals surface area contributed by atoms with Gasteiger partial charge in [0.05, 0.1) is 29.3 Å². The lowest BCUT2D eigenvalue weighted by Gasteiger charge is -2.31. The number of rotatable bonds is 7. The summed E-state index contributed by atoms with van der Waals surface area (Å²) >= 11 is 1.34. The third-order valence-corrected chi connectivity index (χ3v) is 6.70. The van der Waals surface area contributed by atoms with Gasteiger partial charge in [-0.25, -0.2) is 0 Å². The molecule has 4 rings (SSSR count). The second-order valence-electron chi connectivity index (χ2n) is 8.02. The summed E-state index contributed by atoms with van der Waals surface area (Å²) in [6.07, 6.45) is 3.89. The van der Waals surface area contributed by atoms with Gasteiger partial charge in [-0.1, -0.05) is 30.8 Å². The summed E-state index contributed by atoms with van der Waals surface area (Å²) in [5.41, 5.74) is 0.938. The van der Waals surface area contributed by atoms with Crippen LogP contribution in [0.15, 0.2) is 52.2 Å². The smallest absolute Gasteiger partial charge is 0.237 e. The zero-order valence-electron chi connectivity index (χ0n) is 18.2. The molecule has 8 nitrogen and oxygen atoms in total. The summed E-state index contributed by atoms with van der Waals surface area (Å²) in [4.78, 5) is 15.1. The Hall–Kier alpha value is -3.25. The van der Waals surface area contributed by atoms with Gasteiger partial charge in [-0.2, -0.15) is 5.26 Å². The molecule has 3 aromatic rings. The normalized spacial score (nSPS) is 15.3. The Morgan fingerprint density at radius 1 is 1.28 bits per heavy atom. The second-order valence-corrected chi connectivity index (χ2v) is 9.33. The largest absolute Gasteiger partial charge is 0.467 e. The Bertz CT molecular complexity index is 1100. The highest BCUT2D eigenvalue weighted by Gasteiger charge is 2.26. The van der Waals surface area contributed by atoms with Crippen molar-refractivity contribution in [3.05, 3.63) is 54.0 Å². The van der Waals surface area contributed by atoms with Gasteiger partial charge in [0, 0.05) is 13.1 Å². The number of carbonyl (C=O) groups excluding carboxylic acids is 1. The third kappa shape index (κ3) is 4.97. The van der Waals surface area contributed by atoms with E-state index < -0.39 is 5.25 Å². The first-order chi connectivity index (χ1) is 15.5. The molecule has 1 aliphatic heterocycles. The summed E-state index contributed by atoms with van der Waals surface area (Å²) in [7, 11) is 0. The van der Waals surface area contributed by atoms with E-state index in [2.05, 4.69) is 33.4 Å². The summed E-state index contributed by atoms with van der Waals surface area (Å²) in [6.45, 7) is 6.46. The number of anilines is 2. The summed E-state index contributed by atoms with van der Waals surface area (Å²) in [5.74, 6) is 2.12. The van der Waals surface area contributed by atoms with Gasteiger partial charge in [-0.15, -0.1) is 10.2 Å². The number of piperidine rings is 1. The number of nitrogens with zero attached hydrogens (tertiary/aromatic N) is 5. The molecule has 1 aromatic carbocycles. The monoisotopic (exact) mass is 450 g/mol. The van der Waals surface area contributed by atoms with Gasteiger partial charge in [0.25, 0.3) is 0 Å². The highest BCUT2D eigenvalue weighted by atomic mass is 32.2. The van der Waals surface area contributed by atoms with E-state index in [1.807, 2.05) is 23.6 Å². The molecule has 1 atom stereocenters. The molecule has 0 bridgehead atoms. The fourth-order valence-electron chi connectivity index (χ4n) is 3.64. The molecular weight excluding hydrogens is 424 g/mol. The van der Waals surface area contributed by atoms with Crippen LogP contribution in [0.4, 0.5) is 11.6 Å². The standard InChI is InChI=1S/C23H26N6O2S/c1-16-9-11-28(12-10-16)22-26-27-23(29(22)15-19-7-5-13-31-19)32-17(2)21(30)25-20-8-4-3-6-18(20)14-24/h3-8,13,16-17H,9-12,15H2,1-2H3,(H,25,30). The number of carbonyl (C=O) groups is 1. The van der Waals surface area contributed by atoms with Crippen molar-refractivity contribution in [3.63, 3.8) is 0 Å². The van der Waals surface area contributed by atoms with E-state index in [0.717, 1.165) is 37.6 Å². The Kier molecular flexibility index (Phi) is 6.81. The fraction of sp³-hybridized carbons (Fsp3) is 0.391. The Balaban J connectivity index is 1.53. The molecule has 0 aliphatic carbocycles. The number of nitrogens with one attached hydrogen (secondary N) is 1. The van der Waals surface area contributed by atoms with E-state index in [9.17, 15) is 10.1 Å². The highest BCUT2D eigenvalue weighted by Crippen LogP contribution is 2.29. The minimum absolute atomic E-state index is 0.196. The van der Waals surface area contributed by atoms with Crippen LogP contribution in [0.2, 0.25) is 0 Å². The van der Waals surface area contributed by atoms with Gasteiger partial charge in [0.15, 0.2) is 5.16 Å². The molecule has 2 aromatic heterocycles. The number of thioether (sulfide) groups is 1. The predicted molar refractivity (Wildman–Crippen MR) is 124 cm³/mol. The van der Waals surface area contributed by atoms with Gasteiger partial charge in [-0.05, 0) is 49.9 Å². The van der Waals surface area contributed by atoms with Crippen LogP contribution in [0.5, 0.6) is 0 Å². The Morgan fingerprint density at radius 2 is 2.06 bits per heavy atom. The van der Waals surface area contributed by atoms with Crippen LogP contribution in [0, 0.1) is 17.2 Å². The lowest BCUT2D eigenvalue weighted by molar-refractivity contribution is -0.115. The summed E-state index contributed by atoms with van der Waals surface area (Å²) in [5, 5.41) is 21.2. The molecule has 9 heteroatoms. The van der Waals surface area contributed by atoms with Crippen LogP contribution in [-0.4, -0.2) is 39.0 Å². The van der Waals surface area contributed by atoms with E-state index in [1.165, 1.54) is 11.8 Å². The van der Waals surface area contributed by atoms with E-state index in [-0.39, 0.29) is 5.91 Å². The van der Waals surface area contributed by atoms with Crippen LogP contribution in [-0.2, 0) is 11.3 Å². The molecule has 0 saturated carbocycles. The molecule has 1 unspecified atom stereocenters. The molecule has 0 spiro atoms. The van der Waals surface area contributed by atoms with Crippen molar-refractivity contribution >= 4 is 29.3 Å². The van der Waals surface area contributed by atoms with Crippen molar-refractivity contribution in [2.45, 2.75) is 43.6 Å².